The molecule has 1 aromatic heterocycles. The van der Waals surface area contributed by atoms with Crippen molar-refractivity contribution in [2.24, 2.45) is 0 Å². The fourth-order valence-electron chi connectivity index (χ4n) is 0.724. The summed E-state index contributed by atoms with van der Waals surface area (Å²) in [6.45, 7) is 0. The maximum atomic E-state index is 5.55. The summed E-state index contributed by atoms with van der Waals surface area (Å²) in [5, 5.41) is 2.12. The van der Waals surface area contributed by atoms with E-state index in [1.807, 2.05) is 23.1 Å². The molecular formula is C8H11ClS2. The Morgan fingerprint density at radius 2 is 2.45 bits per heavy atom. The first kappa shape index (κ1) is 9.43. The van der Waals surface area contributed by atoms with E-state index >= 15 is 0 Å². The van der Waals surface area contributed by atoms with E-state index in [0.717, 1.165) is 18.1 Å². The number of halogens is 1. The molecule has 0 saturated heterocycles. The number of thioether (sulfide) groups is 1. The van der Waals surface area contributed by atoms with Gasteiger partial charge in [0.15, 0.2) is 0 Å². The summed E-state index contributed by atoms with van der Waals surface area (Å²) in [4.78, 5) is 1.46. The van der Waals surface area contributed by atoms with E-state index in [1.54, 1.807) is 0 Å². The third kappa shape index (κ3) is 4.04. The Hall–Kier alpha value is 0.340. The summed E-state index contributed by atoms with van der Waals surface area (Å²) in [6, 6.07) is 4.28. The molecule has 1 aromatic rings. The first-order valence-electron chi connectivity index (χ1n) is 3.59. The fraction of sp³-hybridized carbons (Fsp3) is 0.500. The van der Waals surface area contributed by atoms with Gasteiger partial charge in [-0.05, 0) is 23.6 Å². The van der Waals surface area contributed by atoms with E-state index in [2.05, 4.69) is 17.5 Å². The molecule has 0 saturated carbocycles. The van der Waals surface area contributed by atoms with Gasteiger partial charge in [-0.15, -0.1) is 22.9 Å². The molecule has 0 radical (unpaired) electrons. The van der Waals surface area contributed by atoms with Gasteiger partial charge >= 0.3 is 0 Å². The molecule has 0 aliphatic rings. The zero-order chi connectivity index (χ0) is 7.94. The van der Waals surface area contributed by atoms with Gasteiger partial charge in [0.25, 0.3) is 0 Å². The third-order valence-corrected chi connectivity index (χ3v) is 3.67. The highest BCUT2D eigenvalue weighted by molar-refractivity contribution is 7.98. The molecule has 1 rings (SSSR count). The second-order valence-electron chi connectivity index (χ2n) is 2.17. The molecule has 0 aromatic carbocycles. The standard InChI is InChI=1S/C8H11ClS2/c9-4-2-5-10-7-8-3-1-6-11-8/h1,3,6H,2,4-5,7H2. The lowest BCUT2D eigenvalue weighted by molar-refractivity contribution is 1.11. The molecule has 0 aliphatic carbocycles. The number of alkyl halides is 1. The number of rotatable bonds is 5. The van der Waals surface area contributed by atoms with Crippen molar-refractivity contribution in [1.29, 1.82) is 0 Å². The van der Waals surface area contributed by atoms with Crippen LogP contribution in [0.15, 0.2) is 17.5 Å². The Morgan fingerprint density at radius 1 is 1.55 bits per heavy atom. The molecule has 1 heterocycles. The van der Waals surface area contributed by atoms with Crippen molar-refractivity contribution in [2.45, 2.75) is 12.2 Å². The van der Waals surface area contributed by atoms with Crippen molar-refractivity contribution < 1.29 is 0 Å². The third-order valence-electron chi connectivity index (χ3n) is 1.25. The Morgan fingerprint density at radius 3 is 3.09 bits per heavy atom. The summed E-state index contributed by atoms with van der Waals surface area (Å²) in [7, 11) is 0. The predicted octanol–water partition coefficient (Wildman–Crippen LogP) is 3.61. The first-order valence-corrected chi connectivity index (χ1v) is 6.16. The van der Waals surface area contributed by atoms with Gasteiger partial charge in [-0.3, -0.25) is 0 Å². The zero-order valence-corrected chi connectivity index (χ0v) is 8.64. The summed E-state index contributed by atoms with van der Waals surface area (Å²) in [6.07, 6.45) is 1.12. The number of hydrogen-bond donors (Lipinski definition) is 0. The van der Waals surface area contributed by atoms with Crippen LogP contribution < -0.4 is 0 Å². The van der Waals surface area contributed by atoms with Crippen molar-refractivity contribution in [3.05, 3.63) is 22.4 Å². The second kappa shape index (κ2) is 5.92. The largest absolute Gasteiger partial charge is 0.156 e. The van der Waals surface area contributed by atoms with Gasteiger partial charge in [0, 0.05) is 16.5 Å². The quantitative estimate of drug-likeness (QED) is 0.524. The Bertz CT molecular complexity index is 172. The van der Waals surface area contributed by atoms with Gasteiger partial charge in [0.2, 0.25) is 0 Å². The predicted molar refractivity (Wildman–Crippen MR) is 55.8 cm³/mol. The monoisotopic (exact) mass is 206 g/mol. The van der Waals surface area contributed by atoms with Crippen LogP contribution in [0.25, 0.3) is 0 Å². The normalized spacial score (nSPS) is 10.3. The van der Waals surface area contributed by atoms with Crippen LogP contribution in [0.5, 0.6) is 0 Å². The molecule has 0 unspecified atom stereocenters. The van der Waals surface area contributed by atoms with E-state index in [-0.39, 0.29) is 0 Å². The summed E-state index contributed by atoms with van der Waals surface area (Å²) in [5.41, 5.74) is 0. The van der Waals surface area contributed by atoms with E-state index in [1.165, 1.54) is 10.6 Å². The average molecular weight is 207 g/mol. The molecule has 0 bridgehead atoms. The maximum absolute atomic E-state index is 5.55. The highest BCUT2D eigenvalue weighted by atomic mass is 35.5. The fourth-order valence-corrected chi connectivity index (χ4v) is 2.82. The van der Waals surface area contributed by atoms with Crippen molar-refractivity contribution in [2.75, 3.05) is 11.6 Å². The molecule has 0 amide bonds. The molecule has 0 atom stereocenters. The molecule has 0 fully saturated rings. The number of hydrogen-bond acceptors (Lipinski definition) is 2. The van der Waals surface area contributed by atoms with Crippen LogP contribution in [0.4, 0.5) is 0 Å². The Balaban J connectivity index is 2.04. The van der Waals surface area contributed by atoms with Crippen molar-refractivity contribution in [3.63, 3.8) is 0 Å². The van der Waals surface area contributed by atoms with Crippen molar-refractivity contribution in [3.8, 4) is 0 Å². The van der Waals surface area contributed by atoms with Crippen LogP contribution in [0.2, 0.25) is 0 Å². The molecule has 0 N–H and O–H groups in total. The summed E-state index contributed by atoms with van der Waals surface area (Å²) >= 11 is 9.34. The highest BCUT2D eigenvalue weighted by Gasteiger charge is 1.92. The lowest BCUT2D eigenvalue weighted by atomic mass is 10.5. The van der Waals surface area contributed by atoms with Crippen molar-refractivity contribution >= 4 is 34.7 Å². The smallest absolute Gasteiger partial charge is 0.0278 e. The maximum Gasteiger partial charge on any atom is 0.0278 e. The highest BCUT2D eigenvalue weighted by Crippen LogP contribution is 2.17. The van der Waals surface area contributed by atoms with Crippen LogP contribution in [0, 0.1) is 0 Å². The van der Waals surface area contributed by atoms with E-state index < -0.39 is 0 Å². The molecule has 3 heteroatoms. The first-order chi connectivity index (χ1) is 5.43. The minimum absolute atomic E-state index is 0.789. The summed E-state index contributed by atoms with van der Waals surface area (Å²) in [5.74, 6) is 3.12. The lowest BCUT2D eigenvalue weighted by Gasteiger charge is -1.95. The average Bonchev–Trinajstić information content (AvgIpc) is 2.50. The van der Waals surface area contributed by atoms with Gasteiger partial charge < -0.3 is 0 Å². The zero-order valence-electron chi connectivity index (χ0n) is 6.25. The van der Waals surface area contributed by atoms with Crippen LogP contribution in [0.3, 0.4) is 0 Å². The minimum atomic E-state index is 0.789. The van der Waals surface area contributed by atoms with Crippen LogP contribution in [-0.2, 0) is 5.75 Å². The summed E-state index contributed by atoms with van der Waals surface area (Å²) < 4.78 is 0. The van der Waals surface area contributed by atoms with Crippen LogP contribution in [-0.4, -0.2) is 11.6 Å². The number of thiophene rings is 1. The van der Waals surface area contributed by atoms with Gasteiger partial charge in [0.1, 0.15) is 0 Å². The minimum Gasteiger partial charge on any atom is -0.156 e. The van der Waals surface area contributed by atoms with Crippen LogP contribution >= 0.6 is 34.7 Å². The van der Waals surface area contributed by atoms with Gasteiger partial charge in [-0.25, -0.2) is 0 Å². The van der Waals surface area contributed by atoms with Gasteiger partial charge in [-0.1, -0.05) is 6.07 Å². The van der Waals surface area contributed by atoms with Crippen LogP contribution in [0.1, 0.15) is 11.3 Å². The molecule has 0 spiro atoms. The molecule has 0 aliphatic heterocycles. The topological polar surface area (TPSA) is 0 Å². The molecule has 11 heavy (non-hydrogen) atoms. The Labute approximate surface area is 81.0 Å². The molecule has 0 nitrogen and oxygen atoms in total. The molecule has 62 valence electrons. The van der Waals surface area contributed by atoms with Gasteiger partial charge in [0.05, 0.1) is 0 Å². The van der Waals surface area contributed by atoms with E-state index in [9.17, 15) is 0 Å². The Kier molecular flexibility index (Phi) is 5.08. The lowest BCUT2D eigenvalue weighted by Crippen LogP contribution is -1.81. The van der Waals surface area contributed by atoms with Crippen molar-refractivity contribution in [1.82, 2.24) is 0 Å². The second-order valence-corrected chi connectivity index (χ2v) is 4.69. The van der Waals surface area contributed by atoms with Gasteiger partial charge in [-0.2, -0.15) is 11.8 Å². The molecular weight excluding hydrogens is 196 g/mol. The SMILES string of the molecule is ClCCCSCc1cccs1. The van der Waals surface area contributed by atoms with E-state index in [4.69, 9.17) is 11.6 Å². The van der Waals surface area contributed by atoms with E-state index in [0.29, 0.717) is 0 Å².